The first kappa shape index (κ1) is 11.7. The van der Waals surface area contributed by atoms with Gasteiger partial charge in [0.25, 0.3) is 0 Å². The third kappa shape index (κ3) is 2.15. The Labute approximate surface area is 99.0 Å². The zero-order valence-corrected chi connectivity index (χ0v) is 10.7. The van der Waals surface area contributed by atoms with Gasteiger partial charge in [-0.1, -0.05) is 43.5 Å². The second-order valence-corrected chi connectivity index (χ2v) is 5.68. The van der Waals surface area contributed by atoms with E-state index in [0.29, 0.717) is 0 Å². The minimum absolute atomic E-state index is 0.0756. The monoisotopic (exact) mass is 217 g/mol. The van der Waals surface area contributed by atoms with Crippen LogP contribution in [0.25, 0.3) is 0 Å². The highest BCUT2D eigenvalue weighted by molar-refractivity contribution is 5.36. The summed E-state index contributed by atoms with van der Waals surface area (Å²) in [4.78, 5) is 0. The molecule has 88 valence electrons. The van der Waals surface area contributed by atoms with E-state index in [2.05, 4.69) is 39.0 Å². The van der Waals surface area contributed by atoms with Gasteiger partial charge in [-0.3, -0.25) is 0 Å². The summed E-state index contributed by atoms with van der Waals surface area (Å²) < 4.78 is 0. The minimum Gasteiger partial charge on any atom is -0.321 e. The van der Waals surface area contributed by atoms with Gasteiger partial charge in [-0.2, -0.15) is 0 Å². The quantitative estimate of drug-likeness (QED) is 0.763. The maximum atomic E-state index is 6.64. The van der Waals surface area contributed by atoms with Crippen molar-refractivity contribution in [3.8, 4) is 0 Å². The van der Waals surface area contributed by atoms with Crippen LogP contribution in [0, 0.1) is 19.8 Å². The highest BCUT2D eigenvalue weighted by Gasteiger charge is 2.33. The second kappa shape index (κ2) is 4.21. The molecule has 0 aromatic heterocycles. The molecule has 1 aliphatic rings. The minimum atomic E-state index is -0.0756. The molecule has 1 heteroatoms. The van der Waals surface area contributed by atoms with E-state index < -0.39 is 0 Å². The van der Waals surface area contributed by atoms with Crippen molar-refractivity contribution in [2.75, 3.05) is 0 Å². The van der Waals surface area contributed by atoms with Gasteiger partial charge in [0.1, 0.15) is 0 Å². The average molecular weight is 217 g/mol. The first-order valence-electron chi connectivity index (χ1n) is 6.38. The summed E-state index contributed by atoms with van der Waals surface area (Å²) in [6.45, 7) is 6.66. The van der Waals surface area contributed by atoms with Gasteiger partial charge in [0, 0.05) is 5.54 Å². The Bertz CT molecular complexity index is 383. The SMILES string of the molecule is Cc1ccc(C)c(C2(N)CCCC(C)C2)c1. The smallest absolute Gasteiger partial charge is 0.0414 e. The van der Waals surface area contributed by atoms with Crippen molar-refractivity contribution in [2.45, 2.75) is 52.0 Å². The molecule has 0 bridgehead atoms. The normalized spacial score (nSPS) is 30.4. The molecule has 2 rings (SSSR count). The summed E-state index contributed by atoms with van der Waals surface area (Å²) in [6.07, 6.45) is 4.88. The number of rotatable bonds is 1. The maximum Gasteiger partial charge on any atom is 0.0414 e. The van der Waals surface area contributed by atoms with E-state index in [9.17, 15) is 0 Å². The Balaban J connectivity index is 2.37. The molecule has 1 aromatic rings. The topological polar surface area (TPSA) is 26.0 Å². The molecule has 2 atom stereocenters. The van der Waals surface area contributed by atoms with Crippen LogP contribution in [0.2, 0.25) is 0 Å². The van der Waals surface area contributed by atoms with E-state index in [1.165, 1.54) is 29.5 Å². The molecular weight excluding hydrogens is 194 g/mol. The molecule has 0 aliphatic heterocycles. The lowest BCUT2D eigenvalue weighted by molar-refractivity contribution is 0.238. The van der Waals surface area contributed by atoms with Gasteiger partial charge in [-0.05, 0) is 43.7 Å². The number of nitrogens with two attached hydrogens (primary N) is 1. The first-order chi connectivity index (χ1) is 7.51. The molecule has 0 spiro atoms. The van der Waals surface area contributed by atoms with Gasteiger partial charge in [0.05, 0.1) is 0 Å². The van der Waals surface area contributed by atoms with E-state index in [1.807, 2.05) is 0 Å². The Hall–Kier alpha value is -0.820. The molecule has 0 amide bonds. The molecule has 1 aromatic carbocycles. The molecule has 0 saturated heterocycles. The van der Waals surface area contributed by atoms with Crippen molar-refractivity contribution in [1.29, 1.82) is 0 Å². The van der Waals surface area contributed by atoms with Crippen LogP contribution in [0.15, 0.2) is 18.2 Å². The number of aryl methyl sites for hydroxylation is 2. The fraction of sp³-hybridized carbons (Fsp3) is 0.600. The molecule has 1 aliphatic carbocycles. The van der Waals surface area contributed by atoms with Gasteiger partial charge in [-0.25, -0.2) is 0 Å². The van der Waals surface area contributed by atoms with Crippen LogP contribution >= 0.6 is 0 Å². The molecule has 1 nitrogen and oxygen atoms in total. The van der Waals surface area contributed by atoms with Crippen LogP contribution < -0.4 is 5.73 Å². The standard InChI is InChI=1S/C15H23N/c1-11-6-7-13(3)14(9-11)15(16)8-4-5-12(2)10-15/h6-7,9,12H,4-5,8,10,16H2,1-3H3. The number of benzene rings is 1. The summed E-state index contributed by atoms with van der Waals surface area (Å²) in [5, 5.41) is 0. The summed E-state index contributed by atoms with van der Waals surface area (Å²) in [5.41, 5.74) is 10.6. The Morgan fingerprint density at radius 3 is 2.75 bits per heavy atom. The van der Waals surface area contributed by atoms with Crippen LogP contribution in [-0.4, -0.2) is 0 Å². The van der Waals surface area contributed by atoms with Crippen LogP contribution in [0.3, 0.4) is 0 Å². The van der Waals surface area contributed by atoms with Gasteiger partial charge in [-0.15, -0.1) is 0 Å². The van der Waals surface area contributed by atoms with Gasteiger partial charge in [0.15, 0.2) is 0 Å². The molecule has 2 unspecified atom stereocenters. The third-order valence-electron chi connectivity index (χ3n) is 3.96. The molecule has 2 N–H and O–H groups in total. The van der Waals surface area contributed by atoms with Crippen molar-refractivity contribution in [1.82, 2.24) is 0 Å². The molecule has 1 fully saturated rings. The fourth-order valence-corrected chi connectivity index (χ4v) is 3.11. The van der Waals surface area contributed by atoms with Crippen molar-refractivity contribution in [3.63, 3.8) is 0 Å². The predicted molar refractivity (Wildman–Crippen MR) is 69.4 cm³/mol. The van der Waals surface area contributed by atoms with Crippen molar-refractivity contribution >= 4 is 0 Å². The van der Waals surface area contributed by atoms with Gasteiger partial charge >= 0.3 is 0 Å². The fourth-order valence-electron chi connectivity index (χ4n) is 3.11. The summed E-state index contributed by atoms with van der Waals surface area (Å²) >= 11 is 0. The largest absolute Gasteiger partial charge is 0.321 e. The molecule has 16 heavy (non-hydrogen) atoms. The van der Waals surface area contributed by atoms with Crippen molar-refractivity contribution < 1.29 is 0 Å². The first-order valence-corrected chi connectivity index (χ1v) is 6.38. The summed E-state index contributed by atoms with van der Waals surface area (Å²) in [6, 6.07) is 6.67. The van der Waals surface area contributed by atoms with Crippen molar-refractivity contribution in [2.24, 2.45) is 11.7 Å². The molecule has 0 radical (unpaired) electrons. The Kier molecular flexibility index (Phi) is 3.07. The highest BCUT2D eigenvalue weighted by Crippen LogP contribution is 2.39. The molecule has 1 saturated carbocycles. The van der Waals surface area contributed by atoms with E-state index in [1.54, 1.807) is 0 Å². The zero-order valence-electron chi connectivity index (χ0n) is 10.7. The number of hydrogen-bond acceptors (Lipinski definition) is 1. The Morgan fingerprint density at radius 1 is 1.31 bits per heavy atom. The Morgan fingerprint density at radius 2 is 2.06 bits per heavy atom. The van der Waals surface area contributed by atoms with Crippen LogP contribution in [0.5, 0.6) is 0 Å². The predicted octanol–water partition coefficient (Wildman–Crippen LogP) is 3.67. The lowest BCUT2D eigenvalue weighted by atomic mass is 9.72. The second-order valence-electron chi connectivity index (χ2n) is 5.68. The van der Waals surface area contributed by atoms with E-state index >= 15 is 0 Å². The number of hydrogen-bond donors (Lipinski definition) is 1. The highest BCUT2D eigenvalue weighted by atomic mass is 14.8. The third-order valence-corrected chi connectivity index (χ3v) is 3.96. The average Bonchev–Trinajstić information content (AvgIpc) is 2.21. The van der Waals surface area contributed by atoms with Gasteiger partial charge < -0.3 is 5.73 Å². The lowest BCUT2D eigenvalue weighted by Gasteiger charge is -2.38. The maximum absolute atomic E-state index is 6.64. The summed E-state index contributed by atoms with van der Waals surface area (Å²) in [5.74, 6) is 0.763. The van der Waals surface area contributed by atoms with E-state index in [-0.39, 0.29) is 5.54 Å². The zero-order chi connectivity index (χ0) is 11.8. The lowest BCUT2D eigenvalue weighted by Crippen LogP contribution is -2.41. The summed E-state index contributed by atoms with van der Waals surface area (Å²) in [7, 11) is 0. The van der Waals surface area contributed by atoms with Crippen molar-refractivity contribution in [3.05, 3.63) is 34.9 Å². The van der Waals surface area contributed by atoms with E-state index in [4.69, 9.17) is 5.73 Å². The van der Waals surface area contributed by atoms with Crippen LogP contribution in [-0.2, 0) is 5.54 Å². The van der Waals surface area contributed by atoms with Crippen LogP contribution in [0.1, 0.15) is 49.3 Å². The molecular formula is C15H23N. The van der Waals surface area contributed by atoms with Gasteiger partial charge in [0.2, 0.25) is 0 Å². The van der Waals surface area contributed by atoms with Crippen LogP contribution in [0.4, 0.5) is 0 Å². The molecule has 0 heterocycles. The van der Waals surface area contributed by atoms with E-state index in [0.717, 1.165) is 18.8 Å².